The SMILES string of the molecule is CCOP(=O)(OCC)C(Cl)(Cl)C=O. The molecule has 0 spiro atoms. The summed E-state index contributed by atoms with van der Waals surface area (Å²) in [6, 6.07) is 0. The fraction of sp³-hybridized carbons (Fsp3) is 0.833. The highest BCUT2D eigenvalue weighted by Crippen LogP contribution is 2.63. The Hall–Kier alpha value is 0.400. The van der Waals surface area contributed by atoms with Crippen molar-refractivity contribution in [1.82, 2.24) is 0 Å². The Morgan fingerprint density at radius 1 is 1.31 bits per heavy atom. The summed E-state index contributed by atoms with van der Waals surface area (Å²) in [5.41, 5.74) is 0. The molecule has 0 aliphatic rings. The van der Waals surface area contributed by atoms with Crippen molar-refractivity contribution in [2.75, 3.05) is 13.2 Å². The van der Waals surface area contributed by atoms with Gasteiger partial charge in [-0.05, 0) is 13.8 Å². The molecule has 0 atom stereocenters. The molecule has 78 valence electrons. The Balaban J connectivity index is 4.77. The summed E-state index contributed by atoms with van der Waals surface area (Å²) in [7, 11) is -3.76. The number of hydrogen-bond acceptors (Lipinski definition) is 4. The van der Waals surface area contributed by atoms with Crippen molar-refractivity contribution in [2.24, 2.45) is 0 Å². The second-order valence-electron chi connectivity index (χ2n) is 2.04. The predicted octanol–water partition coefficient (Wildman–Crippen LogP) is 2.58. The predicted molar refractivity (Wildman–Crippen MR) is 51.4 cm³/mol. The molecule has 0 amide bonds. The maximum absolute atomic E-state index is 11.7. The fourth-order valence-electron chi connectivity index (χ4n) is 0.614. The van der Waals surface area contributed by atoms with Crippen molar-refractivity contribution in [1.29, 1.82) is 0 Å². The standard InChI is InChI=1S/C6H11Cl2O4P/c1-3-11-13(10,12-4-2)6(7,8)5-9/h5H,3-4H2,1-2H3. The van der Waals surface area contributed by atoms with Gasteiger partial charge < -0.3 is 9.05 Å². The van der Waals surface area contributed by atoms with Crippen molar-refractivity contribution >= 4 is 37.1 Å². The van der Waals surface area contributed by atoms with E-state index in [1.165, 1.54) is 0 Å². The van der Waals surface area contributed by atoms with Gasteiger partial charge in [-0.1, -0.05) is 23.2 Å². The molecule has 0 bridgehead atoms. The van der Waals surface area contributed by atoms with Gasteiger partial charge in [0.15, 0.2) is 6.29 Å². The molecule has 0 saturated heterocycles. The van der Waals surface area contributed by atoms with Gasteiger partial charge in [0.05, 0.1) is 13.2 Å². The normalized spacial score (nSPS) is 12.9. The van der Waals surface area contributed by atoms with Gasteiger partial charge in [0, 0.05) is 0 Å². The highest BCUT2D eigenvalue weighted by atomic mass is 35.5. The molecule has 0 unspecified atom stereocenters. The molecular weight excluding hydrogens is 238 g/mol. The van der Waals surface area contributed by atoms with Crippen LogP contribution in [-0.4, -0.2) is 23.6 Å². The first kappa shape index (κ1) is 13.4. The van der Waals surface area contributed by atoms with Gasteiger partial charge in [0.1, 0.15) is 0 Å². The van der Waals surface area contributed by atoms with Crippen LogP contribution >= 0.6 is 30.8 Å². The molecule has 0 aliphatic heterocycles. The molecule has 0 saturated carbocycles. The van der Waals surface area contributed by atoms with Gasteiger partial charge in [0.25, 0.3) is 4.07 Å². The van der Waals surface area contributed by atoms with E-state index in [1.54, 1.807) is 13.8 Å². The molecule has 13 heavy (non-hydrogen) atoms. The van der Waals surface area contributed by atoms with Crippen molar-refractivity contribution in [3.05, 3.63) is 0 Å². The van der Waals surface area contributed by atoms with E-state index < -0.39 is 11.7 Å². The zero-order valence-electron chi connectivity index (χ0n) is 7.33. The summed E-state index contributed by atoms with van der Waals surface area (Å²) in [5, 5.41) is 0. The van der Waals surface area contributed by atoms with Gasteiger partial charge >= 0.3 is 7.60 Å². The second-order valence-corrected chi connectivity index (χ2v) is 6.17. The summed E-state index contributed by atoms with van der Waals surface area (Å²) in [6.07, 6.45) is 0.141. The lowest BCUT2D eigenvalue weighted by Gasteiger charge is -2.23. The van der Waals surface area contributed by atoms with Gasteiger partial charge in [-0.15, -0.1) is 0 Å². The maximum atomic E-state index is 11.7. The lowest BCUT2D eigenvalue weighted by atomic mass is 10.9. The molecule has 0 aromatic heterocycles. The zero-order chi connectivity index (χ0) is 10.5. The molecule has 0 aromatic rings. The van der Waals surface area contributed by atoms with Crippen molar-refractivity contribution in [3.8, 4) is 0 Å². The van der Waals surface area contributed by atoms with E-state index in [1.807, 2.05) is 0 Å². The van der Waals surface area contributed by atoms with E-state index in [0.717, 1.165) is 0 Å². The Morgan fingerprint density at radius 3 is 1.92 bits per heavy atom. The van der Waals surface area contributed by atoms with E-state index >= 15 is 0 Å². The molecule has 0 fully saturated rings. The monoisotopic (exact) mass is 248 g/mol. The van der Waals surface area contributed by atoms with Crippen LogP contribution in [0.3, 0.4) is 0 Å². The molecular formula is C6H11Cl2O4P. The van der Waals surface area contributed by atoms with Gasteiger partial charge in [-0.2, -0.15) is 0 Å². The van der Waals surface area contributed by atoms with Crippen LogP contribution in [0.5, 0.6) is 0 Å². The minimum absolute atomic E-state index is 0.103. The lowest BCUT2D eigenvalue weighted by Crippen LogP contribution is -2.19. The topological polar surface area (TPSA) is 52.6 Å². The van der Waals surface area contributed by atoms with Gasteiger partial charge in [-0.3, -0.25) is 9.36 Å². The van der Waals surface area contributed by atoms with Crippen LogP contribution in [0.2, 0.25) is 0 Å². The Labute approximate surface area is 87.0 Å². The number of rotatable bonds is 6. The second kappa shape index (κ2) is 5.32. The minimum Gasteiger partial charge on any atom is -0.306 e. The third-order valence-electron chi connectivity index (χ3n) is 1.11. The van der Waals surface area contributed by atoms with Crippen molar-refractivity contribution in [3.63, 3.8) is 0 Å². The van der Waals surface area contributed by atoms with Crippen LogP contribution in [0.15, 0.2) is 0 Å². The molecule has 0 aromatic carbocycles. The molecule has 0 radical (unpaired) electrons. The van der Waals surface area contributed by atoms with Crippen LogP contribution in [-0.2, 0) is 18.4 Å². The van der Waals surface area contributed by atoms with Gasteiger partial charge in [0.2, 0.25) is 0 Å². The Morgan fingerprint density at radius 2 is 1.69 bits per heavy atom. The molecule has 4 nitrogen and oxygen atoms in total. The smallest absolute Gasteiger partial charge is 0.306 e. The number of halogens is 2. The highest BCUT2D eigenvalue weighted by molar-refractivity contribution is 7.61. The highest BCUT2D eigenvalue weighted by Gasteiger charge is 2.48. The largest absolute Gasteiger partial charge is 0.373 e. The zero-order valence-corrected chi connectivity index (χ0v) is 9.73. The summed E-state index contributed by atoms with van der Waals surface area (Å²) < 4.78 is 19.1. The first-order valence-corrected chi connectivity index (χ1v) is 5.96. The number of carbonyl (C=O) groups excluding carboxylic acids is 1. The Kier molecular flexibility index (Phi) is 5.49. The first-order valence-electron chi connectivity index (χ1n) is 3.67. The average Bonchev–Trinajstić information content (AvgIpc) is 2.05. The molecule has 0 heterocycles. The molecule has 0 rings (SSSR count). The first-order chi connectivity index (χ1) is 5.93. The lowest BCUT2D eigenvalue weighted by molar-refractivity contribution is -0.107. The fourth-order valence-corrected chi connectivity index (χ4v) is 2.43. The number of aldehydes is 1. The number of carbonyl (C=O) groups is 1. The molecule has 7 heteroatoms. The Bertz CT molecular complexity index is 209. The van der Waals surface area contributed by atoms with E-state index in [0.29, 0.717) is 0 Å². The summed E-state index contributed by atoms with van der Waals surface area (Å²) in [5.74, 6) is 0. The van der Waals surface area contributed by atoms with Crippen LogP contribution < -0.4 is 0 Å². The molecule has 0 N–H and O–H groups in total. The number of alkyl halides is 2. The van der Waals surface area contributed by atoms with Crippen LogP contribution in [0.4, 0.5) is 0 Å². The van der Waals surface area contributed by atoms with E-state index in [-0.39, 0.29) is 19.5 Å². The quantitative estimate of drug-likeness (QED) is 0.412. The van der Waals surface area contributed by atoms with E-state index in [4.69, 9.17) is 32.2 Å². The third kappa shape index (κ3) is 3.22. The minimum atomic E-state index is -3.76. The average molecular weight is 249 g/mol. The third-order valence-corrected chi connectivity index (χ3v) is 4.56. The summed E-state index contributed by atoms with van der Waals surface area (Å²) in [4.78, 5) is 10.4. The van der Waals surface area contributed by atoms with Crippen LogP contribution in [0, 0.1) is 0 Å². The van der Waals surface area contributed by atoms with Crippen molar-refractivity contribution in [2.45, 2.75) is 17.9 Å². The van der Waals surface area contributed by atoms with E-state index in [9.17, 15) is 9.36 Å². The summed E-state index contributed by atoms with van der Waals surface area (Å²) >= 11 is 10.9. The van der Waals surface area contributed by atoms with Crippen LogP contribution in [0.1, 0.15) is 13.8 Å². The summed E-state index contributed by atoms with van der Waals surface area (Å²) in [6.45, 7) is 3.40. The van der Waals surface area contributed by atoms with Crippen molar-refractivity contribution < 1.29 is 18.4 Å². The van der Waals surface area contributed by atoms with Crippen LogP contribution in [0.25, 0.3) is 0 Å². The molecule has 0 aliphatic carbocycles. The van der Waals surface area contributed by atoms with Gasteiger partial charge in [-0.25, -0.2) is 0 Å². The number of hydrogen-bond donors (Lipinski definition) is 0. The van der Waals surface area contributed by atoms with E-state index in [2.05, 4.69) is 0 Å². The maximum Gasteiger partial charge on any atom is 0.373 e.